The van der Waals surface area contributed by atoms with E-state index in [1.54, 1.807) is 23.8 Å². The van der Waals surface area contributed by atoms with Crippen molar-refractivity contribution in [3.05, 3.63) is 35.2 Å². The molecule has 0 fully saturated rings. The number of carbonyl (C=O) groups is 1. The molecule has 0 aliphatic carbocycles. The number of rotatable bonds is 4. The van der Waals surface area contributed by atoms with E-state index in [2.05, 4.69) is 4.98 Å². The maximum absolute atomic E-state index is 13.0. The second-order valence-corrected chi connectivity index (χ2v) is 8.93. The summed E-state index contributed by atoms with van der Waals surface area (Å²) in [5, 5.41) is 1.70. The van der Waals surface area contributed by atoms with E-state index in [1.165, 1.54) is 11.4 Å². The lowest BCUT2D eigenvalue weighted by atomic mass is 10.1. The van der Waals surface area contributed by atoms with Crippen LogP contribution in [-0.4, -0.2) is 41.4 Å². The van der Waals surface area contributed by atoms with E-state index in [9.17, 15) is 13.2 Å². The third-order valence-corrected chi connectivity index (χ3v) is 7.34. The molecule has 0 spiro atoms. The Kier molecular flexibility index (Phi) is 4.50. The molecule has 0 saturated heterocycles. The molecule has 0 bridgehead atoms. The molecule has 9 heteroatoms. The number of esters is 1. The summed E-state index contributed by atoms with van der Waals surface area (Å²) in [6, 6.07) is 2.48. The van der Waals surface area contributed by atoms with Crippen molar-refractivity contribution >= 4 is 27.3 Å². The molecule has 2 aromatic rings. The Morgan fingerprint density at radius 3 is 2.79 bits per heavy atom. The summed E-state index contributed by atoms with van der Waals surface area (Å²) in [7, 11) is -2.51. The van der Waals surface area contributed by atoms with Crippen molar-refractivity contribution in [2.24, 2.45) is 0 Å². The van der Waals surface area contributed by atoms with Crippen molar-refractivity contribution < 1.29 is 17.9 Å². The Morgan fingerprint density at radius 1 is 1.46 bits per heavy atom. The molecule has 1 atom stereocenters. The second-order valence-electron chi connectivity index (χ2n) is 5.86. The topological polar surface area (TPSA) is 81.5 Å². The van der Waals surface area contributed by atoms with E-state index in [1.807, 2.05) is 18.4 Å². The lowest BCUT2D eigenvalue weighted by Gasteiger charge is -2.33. The highest BCUT2D eigenvalue weighted by Gasteiger charge is 2.42. The van der Waals surface area contributed by atoms with Crippen LogP contribution in [0.15, 0.2) is 28.0 Å². The van der Waals surface area contributed by atoms with Gasteiger partial charge in [-0.2, -0.15) is 4.31 Å². The Labute approximate surface area is 144 Å². The molecule has 1 aliphatic rings. The minimum Gasteiger partial charge on any atom is -0.468 e. The lowest BCUT2D eigenvalue weighted by molar-refractivity contribution is -0.145. The molecule has 0 aromatic carbocycles. The zero-order valence-corrected chi connectivity index (χ0v) is 15.3. The SMILES string of the molecule is COC(=O)[C@@H]1Cc2ncn(C(C)C)c2CN1S(=O)(=O)c1cccs1. The Bertz CT molecular complexity index is 840. The summed E-state index contributed by atoms with van der Waals surface area (Å²) in [6.45, 7) is 4.12. The van der Waals surface area contributed by atoms with Crippen molar-refractivity contribution in [1.29, 1.82) is 0 Å². The van der Waals surface area contributed by atoms with Crippen LogP contribution in [0.25, 0.3) is 0 Å². The van der Waals surface area contributed by atoms with Crippen LogP contribution in [0.3, 0.4) is 0 Å². The number of imidazole rings is 1. The molecule has 130 valence electrons. The Balaban J connectivity index is 2.08. The van der Waals surface area contributed by atoms with Gasteiger partial charge in [0.05, 0.1) is 31.4 Å². The average molecular weight is 369 g/mol. The first-order valence-electron chi connectivity index (χ1n) is 7.54. The average Bonchev–Trinajstić information content (AvgIpc) is 3.22. The van der Waals surface area contributed by atoms with Crippen molar-refractivity contribution in [1.82, 2.24) is 13.9 Å². The van der Waals surface area contributed by atoms with Crippen LogP contribution in [0.4, 0.5) is 0 Å². The third-order valence-electron chi connectivity index (χ3n) is 4.11. The summed E-state index contributed by atoms with van der Waals surface area (Å²) >= 11 is 1.13. The number of nitrogens with zero attached hydrogens (tertiary/aromatic N) is 3. The Hall–Kier alpha value is -1.71. The molecule has 0 unspecified atom stereocenters. The van der Waals surface area contributed by atoms with Crippen LogP contribution >= 0.6 is 11.3 Å². The summed E-state index contributed by atoms with van der Waals surface area (Å²) in [4.78, 5) is 16.5. The zero-order valence-electron chi connectivity index (χ0n) is 13.7. The fraction of sp³-hybridized carbons (Fsp3) is 0.467. The monoisotopic (exact) mass is 369 g/mol. The number of sulfonamides is 1. The maximum Gasteiger partial charge on any atom is 0.324 e. The molecule has 0 amide bonds. The summed E-state index contributed by atoms with van der Waals surface area (Å²) in [5.74, 6) is -0.570. The summed E-state index contributed by atoms with van der Waals surface area (Å²) in [5.41, 5.74) is 1.57. The van der Waals surface area contributed by atoms with E-state index >= 15 is 0 Å². The smallest absolute Gasteiger partial charge is 0.324 e. The summed E-state index contributed by atoms with van der Waals surface area (Å²) in [6.07, 6.45) is 1.91. The fourth-order valence-electron chi connectivity index (χ4n) is 2.87. The van der Waals surface area contributed by atoms with Crippen LogP contribution in [0.2, 0.25) is 0 Å². The van der Waals surface area contributed by atoms with Crippen LogP contribution in [0.5, 0.6) is 0 Å². The van der Waals surface area contributed by atoms with Gasteiger partial charge in [-0.15, -0.1) is 11.3 Å². The minimum absolute atomic E-state index is 0.105. The standard InChI is InChI=1S/C15H19N3O4S2/c1-10(2)17-9-16-11-7-12(15(19)22-3)18(8-13(11)17)24(20,21)14-5-4-6-23-14/h4-6,9-10,12H,7-8H2,1-3H3/t12-/m0/s1. The number of aromatic nitrogens is 2. The highest BCUT2D eigenvalue weighted by molar-refractivity contribution is 7.91. The zero-order chi connectivity index (χ0) is 17.5. The van der Waals surface area contributed by atoms with Gasteiger partial charge in [0.2, 0.25) is 0 Å². The van der Waals surface area contributed by atoms with Gasteiger partial charge >= 0.3 is 5.97 Å². The van der Waals surface area contributed by atoms with Crippen LogP contribution < -0.4 is 0 Å². The normalized spacial score (nSPS) is 18.6. The molecule has 0 saturated carbocycles. The predicted octanol–water partition coefficient (Wildman–Crippen LogP) is 1.81. The van der Waals surface area contributed by atoms with Crippen molar-refractivity contribution in [2.45, 2.75) is 43.1 Å². The third kappa shape index (κ3) is 2.76. The number of hydrogen-bond donors (Lipinski definition) is 0. The fourth-order valence-corrected chi connectivity index (χ4v) is 5.53. The minimum atomic E-state index is -3.78. The summed E-state index contributed by atoms with van der Waals surface area (Å²) < 4.78 is 34.2. The van der Waals surface area contributed by atoms with E-state index in [0.717, 1.165) is 22.7 Å². The molecule has 3 heterocycles. The first kappa shape index (κ1) is 17.1. The number of hydrogen-bond acceptors (Lipinski definition) is 6. The van der Waals surface area contributed by atoms with Gasteiger partial charge in [0.25, 0.3) is 10.0 Å². The molecule has 0 radical (unpaired) electrons. The van der Waals surface area contributed by atoms with E-state index in [4.69, 9.17) is 4.74 Å². The van der Waals surface area contributed by atoms with Gasteiger partial charge in [0, 0.05) is 12.5 Å². The molecule has 3 rings (SSSR count). The molecule has 24 heavy (non-hydrogen) atoms. The molecule has 7 nitrogen and oxygen atoms in total. The molecule has 1 aliphatic heterocycles. The van der Waals surface area contributed by atoms with Crippen molar-refractivity contribution in [3.63, 3.8) is 0 Å². The number of fused-ring (bicyclic) bond motifs is 1. The van der Waals surface area contributed by atoms with Gasteiger partial charge in [0.15, 0.2) is 0 Å². The molecular formula is C15H19N3O4S2. The van der Waals surface area contributed by atoms with Crippen molar-refractivity contribution in [3.8, 4) is 0 Å². The van der Waals surface area contributed by atoms with Gasteiger partial charge in [-0.05, 0) is 25.3 Å². The maximum atomic E-state index is 13.0. The number of carbonyl (C=O) groups excluding carboxylic acids is 1. The largest absolute Gasteiger partial charge is 0.468 e. The van der Waals surface area contributed by atoms with Crippen LogP contribution in [-0.2, 0) is 32.5 Å². The van der Waals surface area contributed by atoms with Gasteiger partial charge in [0.1, 0.15) is 10.3 Å². The quantitative estimate of drug-likeness (QED) is 0.768. The predicted molar refractivity (Wildman–Crippen MR) is 89.2 cm³/mol. The number of thiophene rings is 1. The first-order valence-corrected chi connectivity index (χ1v) is 9.86. The first-order chi connectivity index (χ1) is 11.4. The van der Waals surface area contributed by atoms with Gasteiger partial charge in [-0.25, -0.2) is 13.4 Å². The molecule has 2 aromatic heterocycles. The van der Waals surface area contributed by atoms with Gasteiger partial charge in [-0.1, -0.05) is 6.07 Å². The second kappa shape index (κ2) is 6.30. The highest BCUT2D eigenvalue weighted by Crippen LogP contribution is 2.31. The molecular weight excluding hydrogens is 350 g/mol. The van der Waals surface area contributed by atoms with Gasteiger partial charge in [-0.3, -0.25) is 4.79 Å². The highest BCUT2D eigenvalue weighted by atomic mass is 32.2. The number of methoxy groups -OCH3 is 1. The van der Waals surface area contributed by atoms with Crippen molar-refractivity contribution in [2.75, 3.05) is 7.11 Å². The van der Waals surface area contributed by atoms with E-state index in [-0.39, 0.29) is 23.2 Å². The Morgan fingerprint density at radius 2 is 2.21 bits per heavy atom. The lowest BCUT2D eigenvalue weighted by Crippen LogP contribution is -2.49. The van der Waals surface area contributed by atoms with Gasteiger partial charge < -0.3 is 9.30 Å². The van der Waals surface area contributed by atoms with Crippen LogP contribution in [0, 0.1) is 0 Å². The van der Waals surface area contributed by atoms with E-state index < -0.39 is 22.0 Å². The van der Waals surface area contributed by atoms with Crippen LogP contribution in [0.1, 0.15) is 31.3 Å². The number of ether oxygens (including phenoxy) is 1. The molecule has 0 N–H and O–H groups in total. The van der Waals surface area contributed by atoms with E-state index in [0.29, 0.717) is 0 Å².